The van der Waals surface area contributed by atoms with Crippen molar-refractivity contribution in [3.63, 3.8) is 0 Å². The summed E-state index contributed by atoms with van der Waals surface area (Å²) >= 11 is 1.63. The highest BCUT2D eigenvalue weighted by Crippen LogP contribution is 2.50. The van der Waals surface area contributed by atoms with Crippen LogP contribution in [0.1, 0.15) is 17.7 Å². The standard InChI is InChI=1S/C17H16N4O2S/c1-23-15-11-12(4-8-18-15)21-9-5-14(20-21)19-16(22)17(6-7-17)13-3-2-10-24-13/h2-5,8-11H,6-7H2,1H3,(H,19,20,22). The number of thiophene rings is 1. The molecule has 0 radical (unpaired) electrons. The number of rotatable bonds is 5. The predicted molar refractivity (Wildman–Crippen MR) is 91.8 cm³/mol. The first-order chi connectivity index (χ1) is 11.7. The third kappa shape index (κ3) is 2.56. The molecule has 24 heavy (non-hydrogen) atoms. The summed E-state index contributed by atoms with van der Waals surface area (Å²) in [5.41, 5.74) is 0.458. The van der Waals surface area contributed by atoms with Gasteiger partial charge in [0.1, 0.15) is 0 Å². The summed E-state index contributed by atoms with van der Waals surface area (Å²) in [5, 5.41) is 9.37. The fraction of sp³-hybridized carbons (Fsp3) is 0.235. The van der Waals surface area contributed by atoms with Crippen LogP contribution in [0.15, 0.2) is 48.1 Å². The lowest BCUT2D eigenvalue weighted by atomic mass is 10.0. The van der Waals surface area contributed by atoms with Gasteiger partial charge >= 0.3 is 0 Å². The minimum Gasteiger partial charge on any atom is -0.481 e. The van der Waals surface area contributed by atoms with Crippen LogP contribution in [0.4, 0.5) is 5.82 Å². The maximum atomic E-state index is 12.7. The van der Waals surface area contributed by atoms with Crippen LogP contribution in [0.2, 0.25) is 0 Å². The molecule has 122 valence electrons. The van der Waals surface area contributed by atoms with Crippen molar-refractivity contribution in [1.82, 2.24) is 14.8 Å². The van der Waals surface area contributed by atoms with E-state index in [1.807, 2.05) is 23.6 Å². The molecule has 1 N–H and O–H groups in total. The minimum atomic E-state index is -0.363. The van der Waals surface area contributed by atoms with Crippen molar-refractivity contribution in [2.24, 2.45) is 0 Å². The monoisotopic (exact) mass is 340 g/mol. The van der Waals surface area contributed by atoms with Gasteiger partial charge in [-0.2, -0.15) is 5.10 Å². The fourth-order valence-electron chi connectivity index (χ4n) is 2.68. The molecule has 3 aromatic heterocycles. The summed E-state index contributed by atoms with van der Waals surface area (Å²) in [4.78, 5) is 17.9. The second-order valence-electron chi connectivity index (χ2n) is 5.72. The number of pyridine rings is 1. The van der Waals surface area contributed by atoms with Gasteiger partial charge in [0.15, 0.2) is 5.82 Å². The van der Waals surface area contributed by atoms with E-state index in [-0.39, 0.29) is 11.3 Å². The zero-order valence-corrected chi connectivity index (χ0v) is 13.9. The molecule has 1 aliphatic carbocycles. The molecule has 3 aromatic rings. The van der Waals surface area contributed by atoms with Crippen molar-refractivity contribution in [2.45, 2.75) is 18.3 Å². The van der Waals surface area contributed by atoms with Gasteiger partial charge in [-0.25, -0.2) is 9.67 Å². The predicted octanol–water partition coefficient (Wildman–Crippen LogP) is 3.01. The highest BCUT2D eigenvalue weighted by Gasteiger charge is 2.52. The highest BCUT2D eigenvalue weighted by molar-refractivity contribution is 7.10. The normalized spacial score (nSPS) is 15.0. The van der Waals surface area contributed by atoms with Crippen molar-refractivity contribution in [3.8, 4) is 11.6 Å². The molecule has 1 amide bonds. The number of methoxy groups -OCH3 is 1. The van der Waals surface area contributed by atoms with Crippen molar-refractivity contribution >= 4 is 23.1 Å². The molecule has 1 fully saturated rings. The van der Waals surface area contributed by atoms with E-state index in [4.69, 9.17) is 4.74 Å². The maximum Gasteiger partial charge on any atom is 0.237 e. The molecule has 3 heterocycles. The number of nitrogens with one attached hydrogen (secondary N) is 1. The molecule has 1 saturated carbocycles. The Balaban J connectivity index is 1.52. The van der Waals surface area contributed by atoms with Gasteiger partial charge in [0.25, 0.3) is 0 Å². The van der Waals surface area contributed by atoms with E-state index in [9.17, 15) is 4.79 Å². The van der Waals surface area contributed by atoms with E-state index >= 15 is 0 Å². The highest BCUT2D eigenvalue weighted by atomic mass is 32.1. The first-order valence-corrected chi connectivity index (χ1v) is 8.51. The molecule has 0 spiro atoms. The minimum absolute atomic E-state index is 0.0162. The lowest BCUT2D eigenvalue weighted by Crippen LogP contribution is -2.27. The Kier molecular flexibility index (Phi) is 3.57. The van der Waals surface area contributed by atoms with Gasteiger partial charge in [-0.05, 0) is 30.4 Å². The number of hydrogen-bond acceptors (Lipinski definition) is 5. The number of aromatic nitrogens is 3. The van der Waals surface area contributed by atoms with E-state index in [1.165, 1.54) is 0 Å². The molecule has 0 aliphatic heterocycles. The largest absolute Gasteiger partial charge is 0.481 e. The number of anilines is 1. The summed E-state index contributed by atoms with van der Waals surface area (Å²) < 4.78 is 6.81. The van der Waals surface area contributed by atoms with Crippen LogP contribution in [-0.2, 0) is 10.2 Å². The van der Waals surface area contributed by atoms with Crippen LogP contribution >= 0.6 is 11.3 Å². The Morgan fingerprint density at radius 2 is 2.25 bits per heavy atom. The Labute approximate surface area is 143 Å². The smallest absolute Gasteiger partial charge is 0.237 e. The lowest BCUT2D eigenvalue weighted by Gasteiger charge is -2.12. The number of hydrogen-bond donors (Lipinski definition) is 1. The van der Waals surface area contributed by atoms with Crippen LogP contribution in [0.25, 0.3) is 5.69 Å². The topological polar surface area (TPSA) is 69.0 Å². The molecule has 6 nitrogen and oxygen atoms in total. The van der Waals surface area contributed by atoms with Gasteiger partial charge < -0.3 is 10.1 Å². The zero-order valence-electron chi connectivity index (χ0n) is 13.1. The maximum absolute atomic E-state index is 12.7. The van der Waals surface area contributed by atoms with Crippen molar-refractivity contribution in [3.05, 3.63) is 53.0 Å². The second kappa shape index (κ2) is 5.76. The average molecular weight is 340 g/mol. The molecule has 1 aliphatic rings. The quantitative estimate of drug-likeness (QED) is 0.775. The first kappa shape index (κ1) is 14.9. The van der Waals surface area contributed by atoms with Crippen molar-refractivity contribution in [2.75, 3.05) is 12.4 Å². The summed E-state index contributed by atoms with van der Waals surface area (Å²) in [6.07, 6.45) is 5.24. The van der Waals surface area contributed by atoms with Crippen LogP contribution in [-0.4, -0.2) is 27.8 Å². The van der Waals surface area contributed by atoms with Crippen LogP contribution < -0.4 is 10.1 Å². The Morgan fingerprint density at radius 3 is 2.96 bits per heavy atom. The lowest BCUT2D eigenvalue weighted by molar-refractivity contribution is -0.118. The van der Waals surface area contributed by atoms with Crippen LogP contribution in [0, 0.1) is 0 Å². The summed E-state index contributed by atoms with van der Waals surface area (Å²) in [6, 6.07) is 9.41. The number of amides is 1. The fourth-order valence-corrected chi connectivity index (χ4v) is 3.67. The molecule has 0 aromatic carbocycles. The van der Waals surface area contributed by atoms with Crippen LogP contribution in [0.5, 0.6) is 5.88 Å². The van der Waals surface area contributed by atoms with E-state index < -0.39 is 0 Å². The molecule has 0 atom stereocenters. The molecule has 7 heteroatoms. The molecule has 4 rings (SSSR count). The third-order valence-electron chi connectivity index (χ3n) is 4.20. The molecule has 0 bridgehead atoms. The van der Waals surface area contributed by atoms with E-state index in [0.717, 1.165) is 23.4 Å². The van der Waals surface area contributed by atoms with Crippen molar-refractivity contribution in [1.29, 1.82) is 0 Å². The third-order valence-corrected chi connectivity index (χ3v) is 5.27. The van der Waals surface area contributed by atoms with Gasteiger partial charge in [0, 0.05) is 29.4 Å². The number of nitrogens with zero attached hydrogens (tertiary/aromatic N) is 3. The summed E-state index contributed by atoms with van der Waals surface area (Å²) in [5.74, 6) is 1.07. The second-order valence-corrected chi connectivity index (χ2v) is 6.66. The van der Waals surface area contributed by atoms with E-state index in [0.29, 0.717) is 11.7 Å². The van der Waals surface area contributed by atoms with E-state index in [2.05, 4.69) is 15.4 Å². The zero-order chi connectivity index (χ0) is 16.6. The van der Waals surface area contributed by atoms with Crippen molar-refractivity contribution < 1.29 is 9.53 Å². The van der Waals surface area contributed by atoms with Crippen LogP contribution in [0.3, 0.4) is 0 Å². The summed E-state index contributed by atoms with van der Waals surface area (Å²) in [6.45, 7) is 0. The Hall–Kier alpha value is -2.67. The Bertz CT molecular complexity index is 868. The van der Waals surface area contributed by atoms with Gasteiger partial charge in [-0.3, -0.25) is 4.79 Å². The average Bonchev–Trinajstić information content (AvgIpc) is 3.02. The van der Waals surface area contributed by atoms with E-state index in [1.54, 1.807) is 47.7 Å². The number of carbonyl (C=O) groups is 1. The first-order valence-electron chi connectivity index (χ1n) is 7.63. The molecular formula is C17H16N4O2S. The molecule has 0 saturated heterocycles. The molecular weight excluding hydrogens is 324 g/mol. The number of carbonyl (C=O) groups excluding carboxylic acids is 1. The Morgan fingerprint density at radius 1 is 1.38 bits per heavy atom. The van der Waals surface area contributed by atoms with Gasteiger partial charge in [0.05, 0.1) is 18.2 Å². The van der Waals surface area contributed by atoms with Gasteiger partial charge in [0.2, 0.25) is 11.8 Å². The number of ether oxygens (including phenoxy) is 1. The van der Waals surface area contributed by atoms with Gasteiger partial charge in [-0.15, -0.1) is 11.3 Å². The van der Waals surface area contributed by atoms with Gasteiger partial charge in [-0.1, -0.05) is 6.07 Å². The summed E-state index contributed by atoms with van der Waals surface area (Å²) in [7, 11) is 1.57. The SMILES string of the molecule is COc1cc(-n2ccc(NC(=O)C3(c4cccs4)CC3)n2)ccn1. The molecule has 0 unspecified atom stereocenters.